The number of sulfone groups is 1. The first-order valence-electron chi connectivity index (χ1n) is 6.96. The van der Waals surface area contributed by atoms with Gasteiger partial charge in [0.15, 0.2) is 9.84 Å². The van der Waals surface area contributed by atoms with Gasteiger partial charge in [0.25, 0.3) is 6.43 Å². The molecule has 3 aliphatic rings. The summed E-state index contributed by atoms with van der Waals surface area (Å²) in [5, 5.41) is 0. The predicted octanol–water partition coefficient (Wildman–Crippen LogP) is 3.72. The maximum atomic E-state index is 13.3. The van der Waals surface area contributed by atoms with Gasteiger partial charge in [0.05, 0.1) is 10.7 Å². The van der Waals surface area contributed by atoms with Crippen molar-refractivity contribution in [3.05, 3.63) is 58.5 Å². The molecule has 4 rings (SSSR count). The Morgan fingerprint density at radius 2 is 1.67 bits per heavy atom. The van der Waals surface area contributed by atoms with Crippen LogP contribution in [0.25, 0.3) is 0 Å². The molecule has 0 spiro atoms. The van der Waals surface area contributed by atoms with Gasteiger partial charge in [-0.2, -0.15) is 0 Å². The van der Waals surface area contributed by atoms with E-state index in [1.54, 1.807) is 42.5 Å². The molecule has 1 aromatic rings. The maximum Gasteiger partial charge on any atom is 0.261 e. The lowest BCUT2D eigenvalue weighted by Gasteiger charge is -2.35. The van der Waals surface area contributed by atoms with Gasteiger partial charge in [-0.05, 0) is 18.4 Å². The summed E-state index contributed by atoms with van der Waals surface area (Å²) in [6.07, 6.45) is 2.06. The van der Waals surface area contributed by atoms with E-state index < -0.39 is 22.2 Å². The van der Waals surface area contributed by atoms with Crippen LogP contribution < -0.4 is 0 Å². The van der Waals surface area contributed by atoms with Gasteiger partial charge in [0.1, 0.15) is 0 Å². The molecule has 112 valence electrons. The third kappa shape index (κ3) is 2.67. The van der Waals surface area contributed by atoms with Crippen molar-refractivity contribution < 1.29 is 17.2 Å². The molecule has 3 aliphatic carbocycles. The molecule has 0 fully saturated rings. The number of halogens is 2. The van der Waals surface area contributed by atoms with Crippen molar-refractivity contribution in [1.29, 1.82) is 0 Å². The van der Waals surface area contributed by atoms with Crippen molar-refractivity contribution in [3.63, 3.8) is 0 Å². The zero-order valence-corrected chi connectivity index (χ0v) is 12.2. The van der Waals surface area contributed by atoms with Gasteiger partial charge in [-0.25, -0.2) is 17.2 Å². The van der Waals surface area contributed by atoms with Crippen molar-refractivity contribution in [1.82, 2.24) is 0 Å². The molecule has 0 N–H and O–H groups in total. The van der Waals surface area contributed by atoms with Crippen molar-refractivity contribution >= 4 is 9.84 Å². The quantitative estimate of drug-likeness (QED) is 0.794. The van der Waals surface area contributed by atoms with Crippen LogP contribution in [-0.4, -0.2) is 14.8 Å². The average molecular weight is 310 g/mol. The summed E-state index contributed by atoms with van der Waals surface area (Å²) in [5.74, 6) is -1.01. The molecule has 0 amide bonds. The smallest absolute Gasteiger partial charge is 0.224 e. The van der Waals surface area contributed by atoms with Crippen molar-refractivity contribution in [2.24, 2.45) is 11.8 Å². The van der Waals surface area contributed by atoms with E-state index in [2.05, 4.69) is 0 Å². The van der Waals surface area contributed by atoms with Crippen molar-refractivity contribution in [2.45, 2.75) is 25.0 Å². The molecular weight excluding hydrogens is 294 g/mol. The van der Waals surface area contributed by atoms with Crippen LogP contribution in [-0.2, 0) is 15.6 Å². The molecule has 2 nitrogen and oxygen atoms in total. The molecule has 0 aromatic heterocycles. The Morgan fingerprint density at radius 3 is 2.24 bits per heavy atom. The van der Waals surface area contributed by atoms with E-state index in [1.807, 2.05) is 0 Å². The van der Waals surface area contributed by atoms with E-state index in [0.717, 1.165) is 0 Å². The van der Waals surface area contributed by atoms with Crippen molar-refractivity contribution in [2.75, 3.05) is 0 Å². The number of allylic oxidation sites excluding steroid dienone is 4. The van der Waals surface area contributed by atoms with Gasteiger partial charge < -0.3 is 0 Å². The first-order chi connectivity index (χ1) is 9.99. The Bertz CT molecular complexity index is 690. The molecule has 2 bridgehead atoms. The Hall–Kier alpha value is -1.49. The summed E-state index contributed by atoms with van der Waals surface area (Å²) in [4.78, 5) is -0.0277. The number of fused-ring (bicyclic) bond motifs is 1. The van der Waals surface area contributed by atoms with Crippen LogP contribution in [0.15, 0.2) is 53.0 Å². The van der Waals surface area contributed by atoms with Crippen LogP contribution >= 0.6 is 0 Å². The van der Waals surface area contributed by atoms with Crippen LogP contribution in [0.2, 0.25) is 0 Å². The average Bonchev–Trinajstić information content (AvgIpc) is 2.48. The van der Waals surface area contributed by atoms with Crippen LogP contribution in [0.5, 0.6) is 0 Å². The standard InChI is InChI=1S/C16H16F2O2S/c17-16(18)14-12-6-8-13(9-7-12)15(14)21(19,20)10-11-4-2-1-3-5-11/h1-6,8,12-13,16H,7,9-10H2. The number of hydrogen-bond donors (Lipinski definition) is 0. The van der Waals surface area contributed by atoms with Crippen LogP contribution in [0, 0.1) is 11.8 Å². The van der Waals surface area contributed by atoms with E-state index in [1.165, 1.54) is 0 Å². The summed E-state index contributed by atoms with van der Waals surface area (Å²) in [6.45, 7) is 0. The second-order valence-electron chi connectivity index (χ2n) is 5.54. The lowest BCUT2D eigenvalue weighted by molar-refractivity contribution is 0.170. The number of hydrogen-bond acceptors (Lipinski definition) is 2. The summed E-state index contributed by atoms with van der Waals surface area (Å²) in [5.41, 5.74) is 0.453. The second kappa shape index (κ2) is 5.37. The largest absolute Gasteiger partial charge is 0.261 e. The van der Waals surface area contributed by atoms with E-state index in [0.29, 0.717) is 18.4 Å². The minimum atomic E-state index is -3.71. The van der Waals surface area contributed by atoms with E-state index in [9.17, 15) is 17.2 Å². The summed E-state index contributed by atoms with van der Waals surface area (Å²) >= 11 is 0. The van der Waals surface area contributed by atoms with Crippen LogP contribution in [0.4, 0.5) is 8.78 Å². The zero-order valence-electron chi connectivity index (χ0n) is 11.4. The van der Waals surface area contributed by atoms with Crippen LogP contribution in [0.1, 0.15) is 18.4 Å². The SMILES string of the molecule is O=S(=O)(Cc1ccccc1)C1=C(C(F)F)C2C=CC1CC2. The first kappa shape index (κ1) is 14.4. The zero-order chi connectivity index (χ0) is 15.0. The Balaban J connectivity index is 2.02. The lowest BCUT2D eigenvalue weighted by atomic mass is 9.76. The highest BCUT2D eigenvalue weighted by Gasteiger charge is 2.41. The van der Waals surface area contributed by atoms with Crippen LogP contribution in [0.3, 0.4) is 0 Å². The topological polar surface area (TPSA) is 34.1 Å². The Labute approximate surface area is 123 Å². The molecule has 5 heteroatoms. The summed E-state index contributed by atoms with van der Waals surface area (Å²) in [6, 6.07) is 8.71. The van der Waals surface area contributed by atoms with E-state index in [4.69, 9.17) is 0 Å². The molecule has 0 saturated heterocycles. The highest BCUT2D eigenvalue weighted by Crippen LogP contribution is 2.45. The van der Waals surface area contributed by atoms with Crippen molar-refractivity contribution in [3.8, 4) is 0 Å². The second-order valence-corrected chi connectivity index (χ2v) is 7.50. The molecule has 0 heterocycles. The molecule has 21 heavy (non-hydrogen) atoms. The van der Waals surface area contributed by atoms with Gasteiger partial charge in [-0.3, -0.25) is 0 Å². The lowest BCUT2D eigenvalue weighted by Crippen LogP contribution is -2.30. The highest BCUT2D eigenvalue weighted by molar-refractivity contribution is 7.94. The monoisotopic (exact) mass is 310 g/mol. The highest BCUT2D eigenvalue weighted by atomic mass is 32.2. The Morgan fingerprint density at radius 1 is 1.05 bits per heavy atom. The molecule has 1 aromatic carbocycles. The third-order valence-electron chi connectivity index (χ3n) is 4.15. The summed E-state index contributed by atoms with van der Waals surface area (Å²) in [7, 11) is -3.71. The number of rotatable bonds is 4. The first-order valence-corrected chi connectivity index (χ1v) is 8.61. The third-order valence-corrected chi connectivity index (χ3v) is 6.08. The number of benzene rings is 1. The molecule has 0 radical (unpaired) electrons. The minimum absolute atomic E-state index is 0.0277. The predicted molar refractivity (Wildman–Crippen MR) is 77.4 cm³/mol. The van der Waals surface area contributed by atoms with E-state index >= 15 is 0 Å². The molecule has 2 atom stereocenters. The molecule has 2 unspecified atom stereocenters. The van der Waals surface area contributed by atoms with Gasteiger partial charge in [-0.15, -0.1) is 0 Å². The molecular formula is C16H16F2O2S. The fraction of sp³-hybridized carbons (Fsp3) is 0.375. The van der Waals surface area contributed by atoms with E-state index in [-0.39, 0.29) is 22.1 Å². The minimum Gasteiger partial charge on any atom is -0.224 e. The summed E-state index contributed by atoms with van der Waals surface area (Å²) < 4.78 is 52.0. The van der Waals surface area contributed by atoms with Gasteiger partial charge in [0, 0.05) is 17.4 Å². The fourth-order valence-electron chi connectivity index (χ4n) is 3.25. The van der Waals surface area contributed by atoms with Gasteiger partial charge in [0.2, 0.25) is 0 Å². The fourth-order valence-corrected chi connectivity index (χ4v) is 5.29. The van der Waals surface area contributed by atoms with Gasteiger partial charge >= 0.3 is 0 Å². The molecule has 0 saturated carbocycles. The normalized spacial score (nSPS) is 24.9. The molecule has 0 aliphatic heterocycles. The maximum absolute atomic E-state index is 13.3. The Kier molecular flexibility index (Phi) is 3.69. The van der Waals surface area contributed by atoms with Gasteiger partial charge in [-0.1, -0.05) is 42.5 Å². The number of alkyl halides is 2.